The van der Waals surface area contributed by atoms with Crippen molar-refractivity contribution in [3.8, 4) is 5.75 Å². The highest BCUT2D eigenvalue weighted by Gasteiger charge is 2.32. The fraction of sp³-hybridized carbons (Fsp3) is 0.333. The van der Waals surface area contributed by atoms with Gasteiger partial charge in [-0.15, -0.1) is 0 Å². The summed E-state index contributed by atoms with van der Waals surface area (Å²) in [7, 11) is 1.64. The zero-order valence-corrected chi connectivity index (χ0v) is 18.0. The van der Waals surface area contributed by atoms with Crippen LogP contribution in [0.25, 0.3) is 0 Å². The van der Waals surface area contributed by atoms with E-state index in [9.17, 15) is 9.59 Å². The van der Waals surface area contributed by atoms with Crippen molar-refractivity contribution in [1.29, 1.82) is 0 Å². The quantitative estimate of drug-likeness (QED) is 0.648. The summed E-state index contributed by atoms with van der Waals surface area (Å²) in [6.45, 7) is 1.47. The number of pyridine rings is 1. The van der Waals surface area contributed by atoms with Crippen molar-refractivity contribution in [1.82, 2.24) is 25.0 Å². The van der Waals surface area contributed by atoms with Gasteiger partial charge in [0, 0.05) is 48.2 Å². The van der Waals surface area contributed by atoms with Crippen LogP contribution in [0.15, 0.2) is 48.8 Å². The minimum absolute atomic E-state index is 0.0628. The molecule has 0 saturated heterocycles. The van der Waals surface area contributed by atoms with Gasteiger partial charge in [-0.3, -0.25) is 19.3 Å². The summed E-state index contributed by atoms with van der Waals surface area (Å²) in [6, 6.07) is 11.5. The molecular weight excluding hydrogens is 406 g/mol. The Labute approximate surface area is 186 Å². The fourth-order valence-corrected chi connectivity index (χ4v) is 4.08. The number of ether oxygens (including phenoxy) is 1. The van der Waals surface area contributed by atoms with Crippen molar-refractivity contribution < 1.29 is 14.3 Å². The summed E-state index contributed by atoms with van der Waals surface area (Å²) in [5.74, 6) is 0.558. The highest BCUT2D eigenvalue weighted by atomic mass is 16.5. The molecule has 0 atom stereocenters. The zero-order chi connectivity index (χ0) is 22.1. The average Bonchev–Trinajstić information content (AvgIpc) is 3.58. The average molecular weight is 431 g/mol. The van der Waals surface area contributed by atoms with Crippen LogP contribution in [0.4, 0.5) is 0 Å². The molecule has 8 nitrogen and oxygen atoms in total. The highest BCUT2D eigenvalue weighted by Crippen LogP contribution is 2.27. The molecule has 2 aliphatic rings. The highest BCUT2D eigenvalue weighted by molar-refractivity contribution is 5.96. The molecule has 1 fully saturated rings. The Morgan fingerprint density at radius 2 is 2.00 bits per heavy atom. The number of rotatable bonds is 6. The summed E-state index contributed by atoms with van der Waals surface area (Å²) >= 11 is 0. The van der Waals surface area contributed by atoms with E-state index < -0.39 is 0 Å². The molecule has 1 aliphatic heterocycles. The van der Waals surface area contributed by atoms with E-state index in [0.29, 0.717) is 37.3 Å². The predicted molar refractivity (Wildman–Crippen MR) is 117 cm³/mol. The van der Waals surface area contributed by atoms with Crippen molar-refractivity contribution in [2.75, 3.05) is 13.7 Å². The van der Waals surface area contributed by atoms with Gasteiger partial charge in [0.2, 0.25) is 0 Å². The molecule has 0 spiro atoms. The first-order valence-corrected chi connectivity index (χ1v) is 10.8. The third-order valence-corrected chi connectivity index (χ3v) is 5.94. The number of carbonyl (C=O) groups is 2. The molecule has 0 bridgehead atoms. The Hall–Kier alpha value is -3.68. The van der Waals surface area contributed by atoms with Crippen LogP contribution in [0, 0.1) is 0 Å². The van der Waals surface area contributed by atoms with Crippen LogP contribution in [0.2, 0.25) is 0 Å². The first-order valence-electron chi connectivity index (χ1n) is 10.8. The molecule has 0 radical (unpaired) electrons. The van der Waals surface area contributed by atoms with Gasteiger partial charge in [-0.1, -0.05) is 12.1 Å². The van der Waals surface area contributed by atoms with Gasteiger partial charge >= 0.3 is 0 Å². The largest absolute Gasteiger partial charge is 0.497 e. The van der Waals surface area contributed by atoms with E-state index in [-0.39, 0.29) is 17.9 Å². The summed E-state index contributed by atoms with van der Waals surface area (Å²) in [5.41, 5.74) is 3.89. The van der Waals surface area contributed by atoms with Crippen LogP contribution in [-0.4, -0.2) is 51.2 Å². The number of carbonyl (C=O) groups excluding carboxylic acids is 2. The Kier molecular flexibility index (Phi) is 5.34. The van der Waals surface area contributed by atoms with Gasteiger partial charge in [0.25, 0.3) is 11.8 Å². The van der Waals surface area contributed by atoms with Crippen molar-refractivity contribution >= 4 is 11.8 Å². The molecule has 5 rings (SSSR count). The van der Waals surface area contributed by atoms with Gasteiger partial charge in [-0.2, -0.15) is 5.10 Å². The Morgan fingerprint density at radius 3 is 2.75 bits per heavy atom. The van der Waals surface area contributed by atoms with Gasteiger partial charge in [-0.25, -0.2) is 0 Å². The Balaban J connectivity index is 1.46. The minimum atomic E-state index is -0.161. The molecule has 3 heterocycles. The maximum absolute atomic E-state index is 13.0. The molecule has 1 N–H and O–H groups in total. The molecule has 32 heavy (non-hydrogen) atoms. The first-order chi connectivity index (χ1) is 15.6. The van der Waals surface area contributed by atoms with E-state index in [1.807, 2.05) is 28.9 Å². The number of hydrogen-bond donors (Lipinski definition) is 1. The smallest absolute Gasteiger partial charge is 0.272 e. The second-order valence-corrected chi connectivity index (χ2v) is 8.24. The maximum Gasteiger partial charge on any atom is 0.272 e. The van der Waals surface area contributed by atoms with Crippen molar-refractivity contribution in [2.24, 2.45) is 0 Å². The molecule has 8 heteroatoms. The Bertz CT molecular complexity index is 1150. The van der Waals surface area contributed by atoms with E-state index in [1.165, 1.54) is 0 Å². The topological polar surface area (TPSA) is 89.4 Å². The summed E-state index contributed by atoms with van der Waals surface area (Å²) in [6.07, 6.45) is 5.88. The number of aromatic nitrogens is 3. The molecule has 2 amide bonds. The minimum Gasteiger partial charge on any atom is -0.497 e. The number of hydrogen-bond acceptors (Lipinski definition) is 5. The summed E-state index contributed by atoms with van der Waals surface area (Å²) in [5, 5.41) is 7.75. The summed E-state index contributed by atoms with van der Waals surface area (Å²) < 4.78 is 7.24. The lowest BCUT2D eigenvalue weighted by molar-refractivity contribution is 0.0730. The van der Waals surface area contributed by atoms with Gasteiger partial charge in [0.15, 0.2) is 5.69 Å². The van der Waals surface area contributed by atoms with Crippen LogP contribution in [0.3, 0.4) is 0 Å². The Morgan fingerprint density at radius 1 is 1.19 bits per heavy atom. The number of fused-ring (bicyclic) bond motifs is 1. The lowest BCUT2D eigenvalue weighted by Gasteiger charge is -2.28. The van der Waals surface area contributed by atoms with Gasteiger partial charge in [0.1, 0.15) is 5.75 Å². The van der Waals surface area contributed by atoms with Gasteiger partial charge < -0.3 is 15.0 Å². The number of benzene rings is 1. The molecule has 3 aromatic rings. The lowest BCUT2D eigenvalue weighted by Crippen LogP contribution is -2.37. The van der Waals surface area contributed by atoms with E-state index in [1.54, 1.807) is 36.5 Å². The maximum atomic E-state index is 13.0. The van der Waals surface area contributed by atoms with E-state index in [2.05, 4.69) is 10.3 Å². The van der Waals surface area contributed by atoms with E-state index in [0.717, 1.165) is 35.4 Å². The van der Waals surface area contributed by atoms with Crippen LogP contribution in [0.1, 0.15) is 50.5 Å². The molecule has 1 aromatic carbocycles. The summed E-state index contributed by atoms with van der Waals surface area (Å²) in [4.78, 5) is 31.7. The third kappa shape index (κ3) is 4.08. The second-order valence-electron chi connectivity index (χ2n) is 8.24. The van der Waals surface area contributed by atoms with Crippen LogP contribution < -0.4 is 10.1 Å². The zero-order valence-electron chi connectivity index (χ0n) is 18.0. The SMILES string of the molecule is COc1cccc(Cn2nc(C(=O)NC3CC3)c3c2CCN(C(=O)c2ccncc2)C3)c1. The standard InChI is InChI=1S/C24H25N5O3/c1-32-19-4-2-3-16(13-19)14-29-21-9-12-28(24(31)17-7-10-25-11-8-17)15-20(21)22(27-29)23(30)26-18-5-6-18/h2-4,7-8,10-11,13,18H,5-6,9,12,14-15H2,1H3,(H,26,30). The van der Waals surface area contributed by atoms with Crippen LogP contribution >= 0.6 is 0 Å². The number of methoxy groups -OCH3 is 1. The van der Waals surface area contributed by atoms with Gasteiger partial charge in [0.05, 0.1) is 20.2 Å². The van der Waals surface area contributed by atoms with E-state index >= 15 is 0 Å². The monoisotopic (exact) mass is 431 g/mol. The van der Waals surface area contributed by atoms with Crippen molar-refractivity contribution in [3.63, 3.8) is 0 Å². The number of nitrogens with zero attached hydrogens (tertiary/aromatic N) is 4. The third-order valence-electron chi connectivity index (χ3n) is 5.94. The molecule has 1 aliphatic carbocycles. The number of nitrogens with one attached hydrogen (secondary N) is 1. The molecule has 164 valence electrons. The second kappa shape index (κ2) is 8.45. The van der Waals surface area contributed by atoms with Crippen LogP contribution in [0.5, 0.6) is 5.75 Å². The normalized spacial score (nSPS) is 15.2. The van der Waals surface area contributed by atoms with Crippen molar-refractivity contribution in [2.45, 2.75) is 38.4 Å². The molecule has 0 unspecified atom stereocenters. The lowest BCUT2D eigenvalue weighted by atomic mass is 10.0. The molecule has 1 saturated carbocycles. The fourth-order valence-electron chi connectivity index (χ4n) is 4.08. The molecule has 2 aromatic heterocycles. The predicted octanol–water partition coefficient (Wildman–Crippen LogP) is 2.43. The number of amides is 2. The van der Waals surface area contributed by atoms with Gasteiger partial charge in [-0.05, 0) is 42.7 Å². The molecular formula is C24H25N5O3. The van der Waals surface area contributed by atoms with Crippen molar-refractivity contribution in [3.05, 3.63) is 76.9 Å². The van der Waals surface area contributed by atoms with E-state index in [4.69, 9.17) is 9.84 Å². The van der Waals surface area contributed by atoms with Crippen LogP contribution in [-0.2, 0) is 19.5 Å². The first kappa shape index (κ1) is 20.2.